The Morgan fingerprint density at radius 3 is 2.48 bits per heavy atom. The largest absolute Gasteiger partial charge is 0.487 e. The minimum absolute atomic E-state index is 0.262. The van der Waals surface area contributed by atoms with Crippen molar-refractivity contribution in [3.63, 3.8) is 0 Å². The molecule has 0 fully saturated rings. The molecule has 5 heteroatoms. The zero-order chi connectivity index (χ0) is 17.6. The van der Waals surface area contributed by atoms with Gasteiger partial charge in [-0.25, -0.2) is 4.39 Å². The topological polar surface area (TPSA) is 21.3 Å². The van der Waals surface area contributed by atoms with E-state index in [4.69, 9.17) is 4.74 Å². The van der Waals surface area contributed by atoms with Crippen LogP contribution in [0, 0.1) is 5.82 Å². The Labute approximate surface area is 163 Å². The minimum atomic E-state index is -0.262. The van der Waals surface area contributed by atoms with Gasteiger partial charge >= 0.3 is 0 Å². The average Bonchev–Trinajstić information content (AvgIpc) is 2.60. The van der Waals surface area contributed by atoms with Gasteiger partial charge in [-0.1, -0.05) is 46.3 Å². The lowest BCUT2D eigenvalue weighted by Crippen LogP contribution is -2.05. The van der Waals surface area contributed by atoms with E-state index in [9.17, 15) is 4.39 Å². The number of hydrogen-bond acceptors (Lipinski definition) is 2. The molecule has 0 atom stereocenters. The molecular formula is C20H16Br2FNO. The van der Waals surface area contributed by atoms with Crippen LogP contribution >= 0.6 is 31.9 Å². The van der Waals surface area contributed by atoms with Gasteiger partial charge in [0.05, 0.1) is 4.47 Å². The molecule has 0 aliphatic heterocycles. The van der Waals surface area contributed by atoms with Crippen molar-refractivity contribution in [2.75, 3.05) is 5.32 Å². The van der Waals surface area contributed by atoms with Gasteiger partial charge in [-0.3, -0.25) is 0 Å². The van der Waals surface area contributed by atoms with E-state index in [1.54, 1.807) is 6.07 Å². The summed E-state index contributed by atoms with van der Waals surface area (Å²) in [5, 5.41) is 3.38. The predicted molar refractivity (Wildman–Crippen MR) is 106 cm³/mol. The lowest BCUT2D eigenvalue weighted by atomic mass is 10.2. The molecule has 128 valence electrons. The van der Waals surface area contributed by atoms with E-state index in [0.717, 1.165) is 31.5 Å². The molecule has 0 aliphatic rings. The highest BCUT2D eigenvalue weighted by molar-refractivity contribution is 9.11. The van der Waals surface area contributed by atoms with Crippen LogP contribution in [-0.2, 0) is 13.2 Å². The van der Waals surface area contributed by atoms with Gasteiger partial charge in [0.25, 0.3) is 0 Å². The zero-order valence-electron chi connectivity index (χ0n) is 13.3. The van der Waals surface area contributed by atoms with E-state index < -0.39 is 0 Å². The quantitative estimate of drug-likeness (QED) is 0.447. The second kappa shape index (κ2) is 8.50. The lowest BCUT2D eigenvalue weighted by Gasteiger charge is -2.15. The third-order valence-corrected chi connectivity index (χ3v) is 4.66. The highest BCUT2D eigenvalue weighted by atomic mass is 79.9. The van der Waals surface area contributed by atoms with Crippen molar-refractivity contribution in [2.24, 2.45) is 0 Å². The number of para-hydroxylation sites is 1. The summed E-state index contributed by atoms with van der Waals surface area (Å²) < 4.78 is 21.1. The fourth-order valence-corrected chi connectivity index (χ4v) is 3.87. The summed E-state index contributed by atoms with van der Waals surface area (Å²) in [4.78, 5) is 0. The molecule has 1 N–H and O–H groups in total. The maximum absolute atomic E-state index is 13.3. The first-order valence-electron chi connectivity index (χ1n) is 7.76. The Balaban J connectivity index is 1.77. The number of rotatable bonds is 6. The van der Waals surface area contributed by atoms with E-state index in [0.29, 0.717) is 13.2 Å². The van der Waals surface area contributed by atoms with Crippen LogP contribution in [-0.4, -0.2) is 0 Å². The van der Waals surface area contributed by atoms with Crippen LogP contribution in [0.15, 0.2) is 75.7 Å². The fraction of sp³-hybridized carbons (Fsp3) is 0.100. The van der Waals surface area contributed by atoms with Gasteiger partial charge in [0.2, 0.25) is 0 Å². The first kappa shape index (κ1) is 18.0. The standard InChI is InChI=1S/C20H16Br2FNO/c21-16-10-15(12-24-18-7-2-1-3-8-18)20(19(22)11-16)25-13-14-5-4-6-17(23)9-14/h1-11,24H,12-13H2. The van der Waals surface area contributed by atoms with Crippen molar-refractivity contribution in [3.05, 3.63) is 92.6 Å². The molecule has 3 rings (SSSR count). The minimum Gasteiger partial charge on any atom is -0.487 e. The smallest absolute Gasteiger partial charge is 0.139 e. The summed E-state index contributed by atoms with van der Waals surface area (Å²) in [5.41, 5.74) is 2.83. The van der Waals surface area contributed by atoms with Gasteiger partial charge in [-0.15, -0.1) is 0 Å². The highest BCUT2D eigenvalue weighted by Gasteiger charge is 2.11. The fourth-order valence-electron chi connectivity index (χ4n) is 2.44. The predicted octanol–water partition coefficient (Wildman–Crippen LogP) is 6.54. The second-order valence-corrected chi connectivity index (χ2v) is 7.28. The summed E-state index contributed by atoms with van der Waals surface area (Å²) in [6, 6.07) is 20.4. The molecule has 0 radical (unpaired) electrons. The Hall–Kier alpha value is -1.85. The van der Waals surface area contributed by atoms with Gasteiger partial charge in [-0.2, -0.15) is 0 Å². The molecule has 3 aromatic rings. The van der Waals surface area contributed by atoms with Gasteiger partial charge in [0, 0.05) is 22.3 Å². The molecule has 0 spiro atoms. The average molecular weight is 465 g/mol. The van der Waals surface area contributed by atoms with Crippen LogP contribution in [0.5, 0.6) is 5.75 Å². The molecule has 0 amide bonds. The Morgan fingerprint density at radius 2 is 1.72 bits per heavy atom. The summed E-state index contributed by atoms with van der Waals surface area (Å²) in [5.74, 6) is 0.484. The number of anilines is 1. The molecule has 0 saturated heterocycles. The van der Waals surface area contributed by atoms with Crippen molar-refractivity contribution in [2.45, 2.75) is 13.2 Å². The van der Waals surface area contributed by atoms with E-state index in [1.807, 2.05) is 48.5 Å². The normalized spacial score (nSPS) is 10.5. The van der Waals surface area contributed by atoms with Crippen LogP contribution in [0.4, 0.5) is 10.1 Å². The lowest BCUT2D eigenvalue weighted by molar-refractivity contribution is 0.300. The van der Waals surface area contributed by atoms with Crippen LogP contribution < -0.4 is 10.1 Å². The number of hydrogen-bond donors (Lipinski definition) is 1. The number of ether oxygens (including phenoxy) is 1. The van der Waals surface area contributed by atoms with Crippen LogP contribution in [0.3, 0.4) is 0 Å². The third-order valence-electron chi connectivity index (χ3n) is 3.61. The molecule has 0 saturated carbocycles. The molecule has 0 heterocycles. The van der Waals surface area contributed by atoms with Crippen molar-refractivity contribution < 1.29 is 9.13 Å². The van der Waals surface area contributed by atoms with Crippen molar-refractivity contribution in [3.8, 4) is 5.75 Å². The van der Waals surface area contributed by atoms with E-state index in [1.165, 1.54) is 12.1 Å². The second-order valence-electron chi connectivity index (χ2n) is 5.51. The molecular weight excluding hydrogens is 449 g/mol. The molecule has 0 aromatic heterocycles. The van der Waals surface area contributed by atoms with E-state index in [2.05, 4.69) is 37.2 Å². The molecule has 25 heavy (non-hydrogen) atoms. The van der Waals surface area contributed by atoms with Crippen molar-refractivity contribution >= 4 is 37.5 Å². The van der Waals surface area contributed by atoms with Crippen molar-refractivity contribution in [1.29, 1.82) is 0 Å². The Morgan fingerprint density at radius 1 is 0.920 bits per heavy atom. The first-order valence-corrected chi connectivity index (χ1v) is 9.34. The SMILES string of the molecule is Fc1cccc(COc2c(Br)cc(Br)cc2CNc2ccccc2)c1. The van der Waals surface area contributed by atoms with Crippen molar-refractivity contribution in [1.82, 2.24) is 0 Å². The zero-order valence-corrected chi connectivity index (χ0v) is 16.5. The van der Waals surface area contributed by atoms with Crippen LogP contribution in [0.2, 0.25) is 0 Å². The molecule has 0 aliphatic carbocycles. The Kier molecular flexibility index (Phi) is 6.10. The van der Waals surface area contributed by atoms with Gasteiger partial charge in [0.15, 0.2) is 0 Å². The van der Waals surface area contributed by atoms with Crippen LogP contribution in [0.1, 0.15) is 11.1 Å². The first-order chi connectivity index (χ1) is 12.1. The molecule has 0 unspecified atom stereocenters. The Bertz CT molecular complexity index is 856. The van der Waals surface area contributed by atoms with E-state index >= 15 is 0 Å². The molecule has 0 bridgehead atoms. The number of benzene rings is 3. The molecule has 3 aromatic carbocycles. The maximum Gasteiger partial charge on any atom is 0.139 e. The monoisotopic (exact) mass is 463 g/mol. The highest BCUT2D eigenvalue weighted by Crippen LogP contribution is 2.34. The molecule has 2 nitrogen and oxygen atoms in total. The van der Waals surface area contributed by atoms with Gasteiger partial charge in [-0.05, 0) is 57.9 Å². The number of halogens is 3. The summed E-state index contributed by atoms with van der Waals surface area (Å²) in [6.07, 6.45) is 0. The third kappa shape index (κ3) is 5.06. The van der Waals surface area contributed by atoms with E-state index in [-0.39, 0.29) is 5.82 Å². The van der Waals surface area contributed by atoms with Gasteiger partial charge in [0.1, 0.15) is 18.2 Å². The van der Waals surface area contributed by atoms with Gasteiger partial charge < -0.3 is 10.1 Å². The summed E-state index contributed by atoms with van der Waals surface area (Å²) in [6.45, 7) is 0.914. The maximum atomic E-state index is 13.3. The summed E-state index contributed by atoms with van der Waals surface area (Å²) >= 11 is 7.07. The summed E-state index contributed by atoms with van der Waals surface area (Å²) in [7, 11) is 0. The van der Waals surface area contributed by atoms with Crippen LogP contribution in [0.25, 0.3) is 0 Å². The number of nitrogens with one attached hydrogen (secondary N) is 1.